The van der Waals surface area contributed by atoms with Crippen molar-refractivity contribution >= 4 is 37.8 Å². The number of aryl methyl sites for hydroxylation is 2. The van der Waals surface area contributed by atoms with Gasteiger partial charge in [-0.2, -0.15) is 0 Å². The van der Waals surface area contributed by atoms with Crippen LogP contribution < -0.4 is 9.46 Å². The number of hydrogen-bond acceptors (Lipinski definition) is 6. The van der Waals surface area contributed by atoms with Crippen molar-refractivity contribution in [2.75, 3.05) is 0 Å². The zero-order valence-electron chi connectivity index (χ0n) is 21.9. The van der Waals surface area contributed by atoms with Gasteiger partial charge in [-0.15, -0.1) is 0 Å². The number of para-hydroxylation sites is 1. The maximum absolute atomic E-state index is 13.7. The van der Waals surface area contributed by atoms with Gasteiger partial charge in [-0.05, 0) is 62.9 Å². The van der Waals surface area contributed by atoms with E-state index in [9.17, 15) is 13.2 Å². The van der Waals surface area contributed by atoms with Crippen LogP contribution in [-0.4, -0.2) is 24.6 Å². The van der Waals surface area contributed by atoms with Gasteiger partial charge in [-0.25, -0.2) is 18.1 Å². The van der Waals surface area contributed by atoms with Gasteiger partial charge < -0.3 is 9.15 Å². The van der Waals surface area contributed by atoms with Crippen LogP contribution in [0.15, 0.2) is 77.2 Å². The second kappa shape index (κ2) is 9.54. The number of nitrogens with one attached hydrogen (secondary N) is 1. The number of pyridine rings is 1. The third-order valence-corrected chi connectivity index (χ3v) is 9.03. The number of benzene rings is 3. The largest absolute Gasteiger partial charge is 0.485 e. The molecular weight excluding hydrogens is 512 g/mol. The number of hydrogen-bond donors (Lipinski definition) is 1. The first-order chi connectivity index (χ1) is 18.7. The van der Waals surface area contributed by atoms with Crippen molar-refractivity contribution in [3.8, 4) is 17.2 Å². The molecule has 198 valence electrons. The number of fused-ring (bicyclic) bond motifs is 2. The van der Waals surface area contributed by atoms with Crippen LogP contribution in [0.5, 0.6) is 5.75 Å². The number of nitrogens with zero attached hydrogens (tertiary/aromatic N) is 1. The fraction of sp³-hybridized carbons (Fsp3) is 0.226. The Bertz CT molecular complexity index is 1840. The van der Waals surface area contributed by atoms with Gasteiger partial charge in [0.1, 0.15) is 23.1 Å². The smallest absolute Gasteiger partial charge is 0.265 e. The van der Waals surface area contributed by atoms with Crippen molar-refractivity contribution in [1.29, 1.82) is 0 Å². The van der Waals surface area contributed by atoms with Crippen LogP contribution in [0.1, 0.15) is 52.9 Å². The maximum atomic E-state index is 13.7. The molecule has 1 fully saturated rings. The predicted octanol–water partition coefficient (Wildman–Crippen LogP) is 6.63. The number of amides is 1. The van der Waals surface area contributed by atoms with E-state index in [1.807, 2.05) is 81.4 Å². The number of aromatic nitrogens is 1. The van der Waals surface area contributed by atoms with Gasteiger partial charge in [-0.1, -0.05) is 54.6 Å². The fourth-order valence-electron chi connectivity index (χ4n) is 4.88. The first-order valence-corrected chi connectivity index (χ1v) is 14.5. The molecule has 1 aliphatic rings. The quantitative estimate of drug-likeness (QED) is 0.249. The molecule has 7 nitrogen and oxygen atoms in total. The standard InChI is InChI=1S/C31H28N2O5S/c1-18-13-16-27(37-20(3)21-9-5-4-6-10-21)28-24(31(34)33-39(35,36)22-14-15-22)17-25(32-29(18)28)30-19(2)23-11-7-8-12-26(23)38-30/h4-13,16-17,20,22H,14-15H2,1-3H3,(H,33,34)/t20-/m1/s1. The van der Waals surface area contributed by atoms with Crippen molar-refractivity contribution in [2.24, 2.45) is 0 Å². The molecule has 6 rings (SSSR count). The molecule has 5 aromatic rings. The molecule has 0 radical (unpaired) electrons. The average molecular weight is 541 g/mol. The second-order valence-electron chi connectivity index (χ2n) is 10.1. The minimum absolute atomic E-state index is 0.165. The summed E-state index contributed by atoms with van der Waals surface area (Å²) in [6.07, 6.45) is 0.775. The normalized spacial score (nSPS) is 14.4. The lowest BCUT2D eigenvalue weighted by molar-refractivity contribution is 0.0982. The Kier molecular flexibility index (Phi) is 6.14. The number of carbonyl (C=O) groups is 1. The second-order valence-corrected chi connectivity index (χ2v) is 12.0. The monoisotopic (exact) mass is 540 g/mol. The topological polar surface area (TPSA) is 98.5 Å². The predicted molar refractivity (Wildman–Crippen MR) is 151 cm³/mol. The summed E-state index contributed by atoms with van der Waals surface area (Å²) in [6.45, 7) is 5.77. The molecule has 0 bridgehead atoms. The Hall–Kier alpha value is -4.17. The highest BCUT2D eigenvalue weighted by Gasteiger charge is 2.37. The highest BCUT2D eigenvalue weighted by atomic mass is 32.2. The molecule has 0 unspecified atom stereocenters. The Balaban J connectivity index is 1.55. The van der Waals surface area contributed by atoms with Crippen LogP contribution in [0.2, 0.25) is 0 Å². The third kappa shape index (κ3) is 4.65. The number of sulfonamides is 1. The lowest BCUT2D eigenvalue weighted by Gasteiger charge is -2.19. The molecule has 1 saturated carbocycles. The fourth-order valence-corrected chi connectivity index (χ4v) is 6.18. The summed E-state index contributed by atoms with van der Waals surface area (Å²) >= 11 is 0. The Morgan fingerprint density at radius 3 is 2.46 bits per heavy atom. The number of carbonyl (C=O) groups excluding carboxylic acids is 1. The zero-order valence-corrected chi connectivity index (χ0v) is 22.7. The SMILES string of the molecule is Cc1c(-c2cc(C(=O)NS(=O)(=O)C3CC3)c3c(O[C@H](C)c4ccccc4)ccc(C)c3n2)oc2ccccc12. The van der Waals surface area contributed by atoms with E-state index in [4.69, 9.17) is 14.1 Å². The van der Waals surface area contributed by atoms with Crippen LogP contribution in [0, 0.1) is 13.8 Å². The molecular formula is C31H28N2O5S. The van der Waals surface area contributed by atoms with Gasteiger partial charge in [0, 0.05) is 10.9 Å². The van der Waals surface area contributed by atoms with E-state index >= 15 is 0 Å². The average Bonchev–Trinajstić information content (AvgIpc) is 3.75. The molecule has 1 aliphatic carbocycles. The molecule has 0 saturated heterocycles. The van der Waals surface area contributed by atoms with Crippen molar-refractivity contribution < 1.29 is 22.4 Å². The molecule has 8 heteroatoms. The first kappa shape index (κ1) is 25.1. The summed E-state index contributed by atoms with van der Waals surface area (Å²) in [4.78, 5) is 18.6. The number of ether oxygens (including phenoxy) is 1. The molecule has 1 amide bonds. The molecule has 1 N–H and O–H groups in total. The van der Waals surface area contributed by atoms with E-state index in [1.54, 1.807) is 12.1 Å². The van der Waals surface area contributed by atoms with Gasteiger partial charge in [0.25, 0.3) is 5.91 Å². The first-order valence-electron chi connectivity index (χ1n) is 12.9. The van der Waals surface area contributed by atoms with E-state index < -0.39 is 21.2 Å². The maximum Gasteiger partial charge on any atom is 0.265 e. The van der Waals surface area contributed by atoms with E-state index in [0.717, 1.165) is 22.1 Å². The molecule has 39 heavy (non-hydrogen) atoms. The molecule has 0 spiro atoms. The van der Waals surface area contributed by atoms with Gasteiger partial charge >= 0.3 is 0 Å². The molecule has 1 atom stereocenters. The zero-order chi connectivity index (χ0) is 27.3. The van der Waals surface area contributed by atoms with Gasteiger partial charge in [0.15, 0.2) is 5.76 Å². The summed E-state index contributed by atoms with van der Waals surface area (Å²) in [5, 5.41) is 0.864. The minimum atomic E-state index is -3.78. The lowest BCUT2D eigenvalue weighted by atomic mass is 10.0. The van der Waals surface area contributed by atoms with Crippen LogP contribution in [0.25, 0.3) is 33.3 Å². The lowest BCUT2D eigenvalue weighted by Crippen LogP contribution is -2.33. The Morgan fingerprint density at radius 2 is 1.74 bits per heavy atom. The van der Waals surface area contributed by atoms with E-state index in [2.05, 4.69) is 4.72 Å². The summed E-state index contributed by atoms with van der Waals surface area (Å²) in [5.74, 6) is 0.258. The van der Waals surface area contributed by atoms with Gasteiger partial charge in [0.05, 0.1) is 21.7 Å². The van der Waals surface area contributed by atoms with Crippen molar-refractivity contribution in [3.05, 3.63) is 95.1 Å². The van der Waals surface area contributed by atoms with Crippen molar-refractivity contribution in [1.82, 2.24) is 9.71 Å². The van der Waals surface area contributed by atoms with Crippen molar-refractivity contribution in [2.45, 2.75) is 45.0 Å². The summed E-state index contributed by atoms with van der Waals surface area (Å²) in [7, 11) is -3.78. The highest BCUT2D eigenvalue weighted by Crippen LogP contribution is 2.38. The van der Waals surface area contributed by atoms with E-state index in [-0.39, 0.29) is 11.7 Å². The Morgan fingerprint density at radius 1 is 1.03 bits per heavy atom. The number of furan rings is 1. The van der Waals surface area contributed by atoms with Gasteiger partial charge in [0.2, 0.25) is 10.0 Å². The molecule has 2 heterocycles. The van der Waals surface area contributed by atoms with E-state index in [0.29, 0.717) is 46.5 Å². The van der Waals surface area contributed by atoms with Crippen LogP contribution in [0.4, 0.5) is 0 Å². The molecule has 0 aliphatic heterocycles. The van der Waals surface area contributed by atoms with E-state index in [1.165, 1.54) is 0 Å². The minimum Gasteiger partial charge on any atom is -0.485 e. The Labute approximate surface area is 226 Å². The van der Waals surface area contributed by atoms with Crippen LogP contribution >= 0.6 is 0 Å². The summed E-state index contributed by atoms with van der Waals surface area (Å²) < 4.78 is 40.4. The van der Waals surface area contributed by atoms with Gasteiger partial charge in [-0.3, -0.25) is 4.79 Å². The summed E-state index contributed by atoms with van der Waals surface area (Å²) in [5.41, 5.74) is 4.53. The third-order valence-electron chi connectivity index (χ3n) is 7.22. The van der Waals surface area contributed by atoms with Crippen LogP contribution in [-0.2, 0) is 10.0 Å². The molecule has 3 aromatic carbocycles. The highest BCUT2D eigenvalue weighted by molar-refractivity contribution is 7.91. The van der Waals surface area contributed by atoms with Crippen molar-refractivity contribution in [3.63, 3.8) is 0 Å². The summed E-state index contributed by atoms with van der Waals surface area (Å²) in [6, 6.07) is 22.7. The number of rotatable bonds is 7. The molecule has 2 aromatic heterocycles. The van der Waals surface area contributed by atoms with Crippen LogP contribution in [0.3, 0.4) is 0 Å².